The zero-order valence-corrected chi connectivity index (χ0v) is 11.0. The second-order valence-electron chi connectivity index (χ2n) is 3.51. The van der Waals surface area contributed by atoms with Crippen LogP contribution in [0.2, 0.25) is 0 Å². The van der Waals surface area contributed by atoms with Crippen LogP contribution in [-0.4, -0.2) is 37.2 Å². The van der Waals surface area contributed by atoms with E-state index in [0.29, 0.717) is 9.88 Å². The summed E-state index contributed by atoms with van der Waals surface area (Å²) in [5, 5.41) is 24.9. The first-order valence-electron chi connectivity index (χ1n) is 5.00. The van der Waals surface area contributed by atoms with Gasteiger partial charge < -0.3 is 5.11 Å². The first kappa shape index (κ1) is 13.4. The molecule has 1 fully saturated rings. The summed E-state index contributed by atoms with van der Waals surface area (Å²) < 4.78 is 0.342. The minimum absolute atomic E-state index is 0.237. The van der Waals surface area contributed by atoms with Crippen molar-refractivity contribution in [2.24, 2.45) is 5.10 Å². The van der Waals surface area contributed by atoms with Gasteiger partial charge in [-0.15, -0.1) is 0 Å². The third-order valence-corrected chi connectivity index (χ3v) is 3.58. The summed E-state index contributed by atoms with van der Waals surface area (Å²) in [5.74, 6) is -0.420. The van der Waals surface area contributed by atoms with Gasteiger partial charge in [-0.3, -0.25) is 14.9 Å². The van der Waals surface area contributed by atoms with Gasteiger partial charge in [-0.05, 0) is 12.1 Å². The van der Waals surface area contributed by atoms with E-state index in [1.165, 1.54) is 30.1 Å². The maximum atomic E-state index is 11.4. The third-order valence-electron chi connectivity index (χ3n) is 2.25. The molecule has 0 spiro atoms. The predicted molar refractivity (Wildman–Crippen MR) is 74.3 cm³/mol. The van der Waals surface area contributed by atoms with E-state index in [4.69, 9.17) is 12.2 Å². The van der Waals surface area contributed by atoms with Crippen LogP contribution in [0, 0.1) is 10.1 Å². The van der Waals surface area contributed by atoms with Gasteiger partial charge in [0.2, 0.25) is 0 Å². The number of phenolic OH excluding ortho intramolecular Hbond substituents is 1. The van der Waals surface area contributed by atoms with Gasteiger partial charge in [0.05, 0.1) is 16.9 Å². The summed E-state index contributed by atoms with van der Waals surface area (Å²) in [5.41, 5.74) is -0.0364. The number of aromatic hydroxyl groups is 1. The number of nitrogens with zero attached hydrogens (tertiary/aromatic N) is 3. The smallest absolute Gasteiger partial charge is 0.311 e. The Morgan fingerprint density at radius 2 is 2.32 bits per heavy atom. The van der Waals surface area contributed by atoms with Gasteiger partial charge in [-0.2, -0.15) is 10.1 Å². The van der Waals surface area contributed by atoms with Gasteiger partial charge in [0.25, 0.3) is 5.91 Å². The highest BCUT2D eigenvalue weighted by atomic mass is 32.2. The summed E-state index contributed by atoms with van der Waals surface area (Å²) in [6.07, 6.45) is 1.28. The van der Waals surface area contributed by atoms with Crippen LogP contribution in [0.1, 0.15) is 5.56 Å². The number of nitro benzene ring substituents is 1. The quantitative estimate of drug-likeness (QED) is 0.393. The van der Waals surface area contributed by atoms with Gasteiger partial charge in [-0.1, -0.05) is 24.0 Å². The molecule has 9 heteroatoms. The van der Waals surface area contributed by atoms with Crippen LogP contribution in [0.5, 0.6) is 5.75 Å². The lowest BCUT2D eigenvalue weighted by Gasteiger charge is -2.06. The number of benzene rings is 1. The van der Waals surface area contributed by atoms with E-state index in [9.17, 15) is 20.0 Å². The summed E-state index contributed by atoms with van der Waals surface area (Å²) >= 11 is 6.13. The highest BCUT2D eigenvalue weighted by Crippen LogP contribution is 2.26. The largest absolute Gasteiger partial charge is 0.502 e. The maximum Gasteiger partial charge on any atom is 0.311 e. The molecule has 98 valence electrons. The van der Waals surface area contributed by atoms with Gasteiger partial charge in [0, 0.05) is 11.6 Å². The molecule has 1 N–H and O–H groups in total. The monoisotopic (exact) mass is 297 g/mol. The van der Waals surface area contributed by atoms with Crippen molar-refractivity contribution >= 4 is 46.1 Å². The topological polar surface area (TPSA) is 96.0 Å². The summed E-state index contributed by atoms with van der Waals surface area (Å²) in [4.78, 5) is 21.3. The van der Waals surface area contributed by atoms with E-state index >= 15 is 0 Å². The average Bonchev–Trinajstić information content (AvgIpc) is 2.68. The van der Waals surface area contributed by atoms with E-state index in [0.717, 1.165) is 11.1 Å². The molecule has 0 atom stereocenters. The second kappa shape index (κ2) is 5.33. The zero-order valence-electron chi connectivity index (χ0n) is 9.35. The number of rotatable bonds is 3. The molecule has 1 aliphatic heterocycles. The Balaban J connectivity index is 2.24. The van der Waals surface area contributed by atoms with Crippen molar-refractivity contribution in [1.29, 1.82) is 0 Å². The predicted octanol–water partition coefficient (Wildman–Crippen LogP) is 1.49. The van der Waals surface area contributed by atoms with E-state index in [1.807, 2.05) is 0 Å². The molecule has 1 saturated heterocycles. The summed E-state index contributed by atoms with van der Waals surface area (Å²) in [6, 6.07) is 3.80. The van der Waals surface area contributed by atoms with E-state index in [1.54, 1.807) is 0 Å². The number of amides is 1. The van der Waals surface area contributed by atoms with Crippen LogP contribution in [0.25, 0.3) is 0 Å². The van der Waals surface area contributed by atoms with Crippen molar-refractivity contribution in [3.63, 3.8) is 0 Å². The summed E-state index contributed by atoms with van der Waals surface area (Å²) in [6.45, 7) is 0. The lowest BCUT2D eigenvalue weighted by atomic mass is 10.2. The van der Waals surface area contributed by atoms with Crippen molar-refractivity contribution in [1.82, 2.24) is 5.01 Å². The normalized spacial score (nSPS) is 15.5. The number of hydrogen-bond donors (Lipinski definition) is 1. The Morgan fingerprint density at radius 1 is 1.58 bits per heavy atom. The van der Waals surface area contributed by atoms with Crippen molar-refractivity contribution in [2.45, 2.75) is 0 Å². The van der Waals surface area contributed by atoms with E-state index in [2.05, 4.69) is 5.10 Å². The fourth-order valence-corrected chi connectivity index (χ4v) is 2.32. The first-order chi connectivity index (χ1) is 8.99. The molecule has 1 amide bonds. The number of thioether (sulfide) groups is 1. The van der Waals surface area contributed by atoms with Gasteiger partial charge in [-0.25, -0.2) is 0 Å². The highest BCUT2D eigenvalue weighted by Gasteiger charge is 2.26. The Labute approximate surface area is 117 Å². The average molecular weight is 297 g/mol. The van der Waals surface area contributed by atoms with Crippen molar-refractivity contribution in [2.75, 3.05) is 5.75 Å². The van der Waals surface area contributed by atoms with Gasteiger partial charge in [0.1, 0.15) is 0 Å². The highest BCUT2D eigenvalue weighted by molar-refractivity contribution is 8.23. The molecule has 7 nitrogen and oxygen atoms in total. The Morgan fingerprint density at radius 3 is 2.89 bits per heavy atom. The fourth-order valence-electron chi connectivity index (χ4n) is 1.35. The Bertz CT molecular complexity index is 586. The number of hydrogen-bond acceptors (Lipinski definition) is 7. The van der Waals surface area contributed by atoms with Crippen LogP contribution in [-0.2, 0) is 4.79 Å². The number of carbonyl (C=O) groups is 1. The van der Waals surface area contributed by atoms with Crippen molar-refractivity contribution in [3.8, 4) is 5.75 Å². The molecule has 0 bridgehead atoms. The molecule has 0 unspecified atom stereocenters. The van der Waals surface area contributed by atoms with Crippen molar-refractivity contribution in [3.05, 3.63) is 33.9 Å². The minimum atomic E-state index is -0.700. The standard InChI is InChI=1S/C10H7N3O4S2/c14-8-2-1-6(3-7(8)13(16)17)4-11-12-9(15)5-19-10(12)18/h1-4,14H,5H2. The van der Waals surface area contributed by atoms with Crippen LogP contribution < -0.4 is 0 Å². The Kier molecular flexibility index (Phi) is 3.76. The number of hydrazone groups is 1. The number of phenols is 1. The first-order valence-corrected chi connectivity index (χ1v) is 6.39. The molecule has 0 aromatic heterocycles. The van der Waals surface area contributed by atoms with Gasteiger partial charge >= 0.3 is 5.69 Å². The molecule has 1 heterocycles. The molecule has 0 radical (unpaired) electrons. The van der Waals surface area contributed by atoms with E-state index in [-0.39, 0.29) is 11.7 Å². The summed E-state index contributed by atoms with van der Waals surface area (Å²) in [7, 11) is 0. The molecular formula is C10H7N3O4S2. The molecule has 0 aliphatic carbocycles. The van der Waals surface area contributed by atoms with Crippen LogP contribution in [0.15, 0.2) is 23.3 Å². The SMILES string of the molecule is O=C1CSC(=S)N1N=Cc1ccc(O)c([N+](=O)[O-])c1. The lowest BCUT2D eigenvalue weighted by molar-refractivity contribution is -0.385. The second-order valence-corrected chi connectivity index (χ2v) is 5.12. The van der Waals surface area contributed by atoms with Crippen molar-refractivity contribution < 1.29 is 14.8 Å². The number of nitro groups is 1. The lowest BCUT2D eigenvalue weighted by Crippen LogP contribution is -2.22. The number of carbonyl (C=O) groups excluding carboxylic acids is 1. The molecule has 1 aliphatic rings. The Hall–Kier alpha value is -2.00. The molecule has 1 aromatic rings. The molecule has 19 heavy (non-hydrogen) atoms. The third kappa shape index (κ3) is 2.88. The van der Waals surface area contributed by atoms with Gasteiger partial charge in [0.15, 0.2) is 10.1 Å². The van der Waals surface area contributed by atoms with Crippen LogP contribution in [0.3, 0.4) is 0 Å². The van der Waals surface area contributed by atoms with E-state index < -0.39 is 16.4 Å². The fraction of sp³-hybridized carbons (Fsp3) is 0.100. The molecule has 2 rings (SSSR count). The molecular weight excluding hydrogens is 290 g/mol. The minimum Gasteiger partial charge on any atom is -0.502 e. The van der Waals surface area contributed by atoms with Crippen LogP contribution in [0.4, 0.5) is 5.69 Å². The molecule has 0 saturated carbocycles. The number of thiocarbonyl (C=S) groups is 1. The van der Waals surface area contributed by atoms with Crippen LogP contribution >= 0.6 is 24.0 Å². The maximum absolute atomic E-state index is 11.4. The zero-order chi connectivity index (χ0) is 14.0. The molecule has 1 aromatic carbocycles.